The molecule has 114 valence electrons. The molecule has 0 amide bonds. The van der Waals surface area contributed by atoms with E-state index in [1.54, 1.807) is 11.3 Å². The zero-order valence-electron chi connectivity index (χ0n) is 12.6. The van der Waals surface area contributed by atoms with Gasteiger partial charge < -0.3 is 5.32 Å². The van der Waals surface area contributed by atoms with Crippen molar-refractivity contribution in [3.8, 4) is 0 Å². The number of hydrogen-bond donors (Lipinski definition) is 1. The van der Waals surface area contributed by atoms with Crippen molar-refractivity contribution in [2.45, 2.75) is 51.6 Å². The highest BCUT2D eigenvalue weighted by Crippen LogP contribution is 2.38. The summed E-state index contributed by atoms with van der Waals surface area (Å²) in [6.07, 6.45) is 5.17. The first-order valence-corrected chi connectivity index (χ1v) is 9.66. The maximum Gasteiger partial charge on any atom is 0.0931 e. The Morgan fingerprint density at radius 2 is 1.95 bits per heavy atom. The average molecular weight is 340 g/mol. The molecule has 1 unspecified atom stereocenters. The van der Waals surface area contributed by atoms with E-state index in [9.17, 15) is 0 Å². The molecule has 3 rings (SSSR count). The third-order valence-corrected chi connectivity index (χ3v) is 6.68. The van der Waals surface area contributed by atoms with Crippen molar-refractivity contribution < 1.29 is 0 Å². The van der Waals surface area contributed by atoms with E-state index < -0.39 is 0 Å². The van der Waals surface area contributed by atoms with Crippen LogP contribution in [0.4, 0.5) is 0 Å². The number of rotatable bonds is 4. The topological polar surface area (TPSA) is 12.0 Å². The molecule has 1 saturated carbocycles. The number of thiophene rings is 2. The van der Waals surface area contributed by atoms with E-state index in [-0.39, 0.29) is 0 Å². The summed E-state index contributed by atoms with van der Waals surface area (Å²) in [4.78, 5) is 2.71. The molecule has 0 bridgehead atoms. The normalized spacial score (nSPS) is 20.5. The van der Waals surface area contributed by atoms with Crippen LogP contribution in [0.3, 0.4) is 0 Å². The van der Waals surface area contributed by atoms with Gasteiger partial charge in [0.25, 0.3) is 0 Å². The molecule has 1 atom stereocenters. The maximum atomic E-state index is 6.14. The second-order valence-electron chi connectivity index (χ2n) is 6.70. The summed E-state index contributed by atoms with van der Waals surface area (Å²) < 4.78 is 0.873. The van der Waals surface area contributed by atoms with E-state index >= 15 is 0 Å². The lowest BCUT2D eigenvalue weighted by atomic mass is 9.75. The summed E-state index contributed by atoms with van der Waals surface area (Å²) in [5.74, 6) is 0. The van der Waals surface area contributed by atoms with Gasteiger partial charge >= 0.3 is 0 Å². The van der Waals surface area contributed by atoms with E-state index in [2.05, 4.69) is 42.7 Å². The minimum absolute atomic E-state index is 0.300. The van der Waals surface area contributed by atoms with Crippen LogP contribution in [0, 0.1) is 5.41 Å². The third-order valence-electron chi connectivity index (χ3n) is 4.45. The Balaban J connectivity index is 1.75. The first-order chi connectivity index (χ1) is 10.0. The van der Waals surface area contributed by atoms with Crippen molar-refractivity contribution in [3.63, 3.8) is 0 Å². The van der Waals surface area contributed by atoms with E-state index in [1.165, 1.54) is 35.4 Å². The van der Waals surface area contributed by atoms with Gasteiger partial charge in [-0.25, -0.2) is 0 Å². The molecule has 1 aliphatic carbocycles. The lowest BCUT2D eigenvalue weighted by molar-refractivity contribution is 0.202. The predicted octanol–water partition coefficient (Wildman–Crippen LogP) is 6.11. The van der Waals surface area contributed by atoms with Gasteiger partial charge in [0.2, 0.25) is 0 Å². The summed E-state index contributed by atoms with van der Waals surface area (Å²) >= 11 is 9.66. The molecule has 0 spiro atoms. The van der Waals surface area contributed by atoms with Crippen LogP contribution < -0.4 is 5.32 Å². The molecular formula is C17H22ClNS2. The van der Waals surface area contributed by atoms with Crippen molar-refractivity contribution in [2.75, 3.05) is 0 Å². The van der Waals surface area contributed by atoms with E-state index in [1.807, 2.05) is 17.4 Å². The molecule has 0 radical (unpaired) electrons. The summed E-state index contributed by atoms with van der Waals surface area (Å²) in [6, 6.07) is 9.45. The van der Waals surface area contributed by atoms with Gasteiger partial charge in [0.15, 0.2) is 0 Å². The molecule has 1 aliphatic rings. The summed E-state index contributed by atoms with van der Waals surface area (Å²) in [5, 5.41) is 6.04. The van der Waals surface area contributed by atoms with Crippen molar-refractivity contribution in [1.82, 2.24) is 5.32 Å². The van der Waals surface area contributed by atoms with Crippen molar-refractivity contribution in [2.24, 2.45) is 5.41 Å². The molecule has 1 N–H and O–H groups in total. The van der Waals surface area contributed by atoms with Crippen molar-refractivity contribution in [1.29, 1.82) is 0 Å². The van der Waals surface area contributed by atoms with Gasteiger partial charge in [-0.1, -0.05) is 31.5 Å². The van der Waals surface area contributed by atoms with Gasteiger partial charge in [0.05, 0.1) is 10.4 Å². The fourth-order valence-corrected chi connectivity index (χ4v) is 5.06. The van der Waals surface area contributed by atoms with Gasteiger partial charge in [-0.2, -0.15) is 0 Å². The highest BCUT2D eigenvalue weighted by atomic mass is 35.5. The Kier molecular flexibility index (Phi) is 4.75. The second-order valence-corrected chi connectivity index (χ2v) is 9.42. The zero-order valence-corrected chi connectivity index (χ0v) is 15.0. The molecule has 2 heterocycles. The Morgan fingerprint density at radius 3 is 2.52 bits per heavy atom. The van der Waals surface area contributed by atoms with Crippen molar-refractivity contribution >= 4 is 34.3 Å². The molecule has 4 heteroatoms. The van der Waals surface area contributed by atoms with Gasteiger partial charge in [-0.3, -0.25) is 0 Å². The molecular weight excluding hydrogens is 318 g/mol. The van der Waals surface area contributed by atoms with Crippen LogP contribution in [-0.4, -0.2) is 6.04 Å². The largest absolute Gasteiger partial charge is 0.302 e. The maximum absolute atomic E-state index is 6.14. The van der Waals surface area contributed by atoms with Gasteiger partial charge in [-0.05, 0) is 54.7 Å². The predicted molar refractivity (Wildman–Crippen MR) is 94.7 cm³/mol. The first kappa shape index (κ1) is 15.5. The standard InChI is InChI=1S/C17H22ClNS2/c1-17(2)9-7-12(8-10-17)19-16(13-4-3-11-20-13)14-5-6-15(18)21-14/h3-6,11-12,16,19H,7-10H2,1-2H3. The van der Waals surface area contributed by atoms with Gasteiger partial charge in [0, 0.05) is 15.8 Å². The Labute approximate surface area is 140 Å². The number of hydrogen-bond acceptors (Lipinski definition) is 3. The Hall–Kier alpha value is -0.350. The van der Waals surface area contributed by atoms with Crippen LogP contribution in [0.5, 0.6) is 0 Å². The zero-order chi connectivity index (χ0) is 14.9. The van der Waals surface area contributed by atoms with Crippen LogP contribution in [0.15, 0.2) is 29.6 Å². The van der Waals surface area contributed by atoms with Crippen LogP contribution in [-0.2, 0) is 0 Å². The summed E-state index contributed by atoms with van der Waals surface area (Å²) in [6.45, 7) is 4.78. The minimum atomic E-state index is 0.300. The smallest absolute Gasteiger partial charge is 0.0931 e. The second kappa shape index (κ2) is 6.41. The fraction of sp³-hybridized carbons (Fsp3) is 0.529. The Morgan fingerprint density at radius 1 is 1.19 bits per heavy atom. The van der Waals surface area contributed by atoms with E-state index in [4.69, 9.17) is 11.6 Å². The molecule has 21 heavy (non-hydrogen) atoms. The summed E-state index contributed by atoms with van der Waals surface area (Å²) in [5.41, 5.74) is 0.517. The average Bonchev–Trinajstić information content (AvgIpc) is 3.09. The molecule has 2 aromatic rings. The molecule has 0 aromatic carbocycles. The quantitative estimate of drug-likeness (QED) is 0.708. The molecule has 1 nitrogen and oxygen atoms in total. The highest BCUT2D eigenvalue weighted by molar-refractivity contribution is 7.16. The molecule has 1 fully saturated rings. The number of halogens is 1. The monoisotopic (exact) mass is 339 g/mol. The molecule has 2 aromatic heterocycles. The third kappa shape index (κ3) is 3.89. The molecule has 0 aliphatic heterocycles. The molecule has 0 saturated heterocycles. The van der Waals surface area contributed by atoms with Gasteiger partial charge in [0.1, 0.15) is 0 Å². The minimum Gasteiger partial charge on any atom is -0.302 e. The van der Waals surface area contributed by atoms with Crippen LogP contribution in [0.1, 0.15) is 55.3 Å². The van der Waals surface area contributed by atoms with Gasteiger partial charge in [-0.15, -0.1) is 22.7 Å². The highest BCUT2D eigenvalue weighted by Gasteiger charge is 2.29. The lowest BCUT2D eigenvalue weighted by Gasteiger charge is -2.36. The SMILES string of the molecule is CC1(C)CCC(NC(c2cccs2)c2ccc(Cl)s2)CC1. The van der Waals surface area contributed by atoms with Crippen LogP contribution in [0.25, 0.3) is 0 Å². The Bertz CT molecular complexity index is 563. The number of nitrogens with one attached hydrogen (secondary N) is 1. The van der Waals surface area contributed by atoms with Crippen molar-refractivity contribution in [3.05, 3.63) is 43.7 Å². The van der Waals surface area contributed by atoms with Crippen LogP contribution in [0.2, 0.25) is 4.34 Å². The van der Waals surface area contributed by atoms with E-state index in [0.29, 0.717) is 17.5 Å². The van der Waals surface area contributed by atoms with Crippen LogP contribution >= 0.6 is 34.3 Å². The van der Waals surface area contributed by atoms with E-state index in [0.717, 1.165) is 4.34 Å². The fourth-order valence-electron chi connectivity index (χ4n) is 3.05. The summed E-state index contributed by atoms with van der Waals surface area (Å²) in [7, 11) is 0. The lowest BCUT2D eigenvalue weighted by Crippen LogP contribution is -2.37. The first-order valence-electron chi connectivity index (χ1n) is 7.58.